The van der Waals surface area contributed by atoms with E-state index in [2.05, 4.69) is 5.92 Å². The van der Waals surface area contributed by atoms with E-state index in [9.17, 15) is 22.8 Å². The molecule has 0 spiro atoms. The first kappa shape index (κ1) is 12.1. The Morgan fingerprint density at radius 1 is 1.19 bits per heavy atom. The van der Waals surface area contributed by atoms with E-state index in [0.29, 0.717) is 4.57 Å². The molecule has 0 fully saturated rings. The van der Waals surface area contributed by atoms with Crippen molar-refractivity contribution in [2.24, 2.45) is 0 Å². The fraction of sp³-hybridized carbons (Fsp3) is 0.333. The molecular weight excluding hydrogens is 225 g/mol. The van der Waals surface area contributed by atoms with Crippen molar-refractivity contribution in [2.75, 3.05) is 0 Å². The average Bonchev–Trinajstić information content (AvgIpc) is 2.16. The maximum atomic E-state index is 12.0. The van der Waals surface area contributed by atoms with Crippen molar-refractivity contribution >= 4 is 0 Å². The second-order valence-electron chi connectivity index (χ2n) is 2.98. The molecule has 0 aliphatic carbocycles. The van der Waals surface area contributed by atoms with Gasteiger partial charge >= 0.3 is 17.3 Å². The minimum absolute atomic E-state index is 0.152. The lowest BCUT2D eigenvalue weighted by atomic mass is 10.5. The van der Waals surface area contributed by atoms with Gasteiger partial charge in [0.1, 0.15) is 6.54 Å². The molecule has 1 rings (SSSR count). The van der Waals surface area contributed by atoms with Gasteiger partial charge in [0, 0.05) is 12.4 Å². The second-order valence-corrected chi connectivity index (χ2v) is 2.98. The number of terminal acetylenes is 1. The number of alkyl halides is 3. The summed E-state index contributed by atoms with van der Waals surface area (Å²) in [7, 11) is 0. The van der Waals surface area contributed by atoms with Crippen LogP contribution in [0.5, 0.6) is 0 Å². The van der Waals surface area contributed by atoms with Gasteiger partial charge in [0.05, 0.1) is 6.54 Å². The van der Waals surface area contributed by atoms with Crippen LogP contribution in [0.3, 0.4) is 0 Å². The number of nitrogens with zero attached hydrogens (tertiary/aromatic N) is 2. The zero-order valence-corrected chi connectivity index (χ0v) is 7.99. The lowest BCUT2D eigenvalue weighted by molar-refractivity contribution is -0.141. The molecule has 0 aliphatic heterocycles. The maximum Gasteiger partial charge on any atom is 0.406 e. The summed E-state index contributed by atoms with van der Waals surface area (Å²) in [6.07, 6.45) is 2.31. The molecule has 0 atom stereocenters. The molecule has 86 valence electrons. The van der Waals surface area contributed by atoms with Crippen molar-refractivity contribution in [3.05, 3.63) is 33.1 Å². The third-order valence-corrected chi connectivity index (χ3v) is 1.74. The highest BCUT2D eigenvalue weighted by atomic mass is 19.4. The molecule has 0 N–H and O–H groups in total. The Labute approximate surface area is 87.9 Å². The zero-order chi connectivity index (χ0) is 12.3. The van der Waals surface area contributed by atoms with Gasteiger partial charge in [-0.25, -0.2) is 0 Å². The molecule has 1 aromatic rings. The summed E-state index contributed by atoms with van der Waals surface area (Å²) in [6.45, 7) is -1.64. The SMILES string of the molecule is C#CCn1ccn(CC(F)(F)F)c(=O)c1=O. The summed E-state index contributed by atoms with van der Waals surface area (Å²) in [6, 6.07) is 0. The molecule has 1 heterocycles. The number of aromatic nitrogens is 2. The van der Waals surface area contributed by atoms with E-state index in [1.165, 1.54) is 0 Å². The number of hydrogen-bond donors (Lipinski definition) is 0. The highest BCUT2D eigenvalue weighted by Gasteiger charge is 2.28. The number of hydrogen-bond acceptors (Lipinski definition) is 2. The Morgan fingerprint density at radius 2 is 1.69 bits per heavy atom. The van der Waals surface area contributed by atoms with E-state index in [4.69, 9.17) is 6.42 Å². The van der Waals surface area contributed by atoms with E-state index in [-0.39, 0.29) is 6.54 Å². The van der Waals surface area contributed by atoms with E-state index in [1.54, 1.807) is 0 Å². The van der Waals surface area contributed by atoms with Gasteiger partial charge in [-0.05, 0) is 0 Å². The molecule has 0 saturated heterocycles. The van der Waals surface area contributed by atoms with Crippen LogP contribution in [0.25, 0.3) is 0 Å². The highest BCUT2D eigenvalue weighted by molar-refractivity contribution is 4.92. The van der Waals surface area contributed by atoms with E-state index in [1.807, 2.05) is 0 Å². The van der Waals surface area contributed by atoms with Crippen molar-refractivity contribution in [2.45, 2.75) is 19.3 Å². The Bertz CT molecular complexity index is 533. The molecule has 0 aliphatic rings. The van der Waals surface area contributed by atoms with Crippen LogP contribution in [0, 0.1) is 12.3 Å². The lowest BCUT2D eigenvalue weighted by Gasteiger charge is -2.09. The lowest BCUT2D eigenvalue weighted by Crippen LogP contribution is -2.42. The monoisotopic (exact) mass is 232 g/mol. The first-order chi connectivity index (χ1) is 7.35. The first-order valence-electron chi connectivity index (χ1n) is 4.15. The zero-order valence-electron chi connectivity index (χ0n) is 7.99. The van der Waals surface area contributed by atoms with Crippen molar-refractivity contribution < 1.29 is 13.2 Å². The summed E-state index contributed by atoms with van der Waals surface area (Å²) in [5.41, 5.74) is -2.31. The van der Waals surface area contributed by atoms with Crippen LogP contribution in [-0.4, -0.2) is 15.3 Å². The highest BCUT2D eigenvalue weighted by Crippen LogP contribution is 2.15. The van der Waals surface area contributed by atoms with Crippen LogP contribution >= 0.6 is 0 Å². The molecule has 0 amide bonds. The molecule has 0 unspecified atom stereocenters. The Kier molecular flexibility index (Phi) is 3.22. The third-order valence-electron chi connectivity index (χ3n) is 1.74. The molecule has 1 aromatic heterocycles. The maximum absolute atomic E-state index is 12.0. The number of halogens is 3. The van der Waals surface area contributed by atoms with Crippen LogP contribution in [0.15, 0.2) is 22.0 Å². The van der Waals surface area contributed by atoms with Gasteiger partial charge in [-0.15, -0.1) is 6.42 Å². The van der Waals surface area contributed by atoms with Gasteiger partial charge in [0.15, 0.2) is 0 Å². The second kappa shape index (κ2) is 4.26. The van der Waals surface area contributed by atoms with Crippen molar-refractivity contribution in [1.29, 1.82) is 0 Å². The van der Waals surface area contributed by atoms with Crippen LogP contribution in [0.1, 0.15) is 0 Å². The van der Waals surface area contributed by atoms with Crippen molar-refractivity contribution in [3.8, 4) is 12.3 Å². The Hall–Kier alpha value is -1.97. The summed E-state index contributed by atoms with van der Waals surface area (Å²) in [5, 5.41) is 0. The fourth-order valence-electron chi connectivity index (χ4n) is 1.08. The standard InChI is InChI=1S/C9H7F3N2O2/c1-2-3-13-4-5-14(6-9(10,11)12)8(16)7(13)15/h1,4-5H,3,6H2. The first-order valence-corrected chi connectivity index (χ1v) is 4.15. The van der Waals surface area contributed by atoms with E-state index in [0.717, 1.165) is 17.0 Å². The average molecular weight is 232 g/mol. The van der Waals surface area contributed by atoms with Gasteiger partial charge in [-0.2, -0.15) is 13.2 Å². The van der Waals surface area contributed by atoms with Gasteiger partial charge < -0.3 is 4.57 Å². The summed E-state index contributed by atoms with van der Waals surface area (Å²) in [5.74, 6) is 2.11. The van der Waals surface area contributed by atoms with Gasteiger partial charge in [0.2, 0.25) is 0 Å². The van der Waals surface area contributed by atoms with Crippen LogP contribution in [0.4, 0.5) is 13.2 Å². The number of rotatable bonds is 2. The molecule has 0 radical (unpaired) electrons. The van der Waals surface area contributed by atoms with E-state index < -0.39 is 23.8 Å². The Balaban J connectivity index is 3.19. The molecule has 7 heteroatoms. The fourth-order valence-corrected chi connectivity index (χ4v) is 1.08. The third kappa shape index (κ3) is 2.76. The molecule has 16 heavy (non-hydrogen) atoms. The molecule has 0 bridgehead atoms. The van der Waals surface area contributed by atoms with Crippen LogP contribution in [0.2, 0.25) is 0 Å². The predicted molar refractivity (Wildman–Crippen MR) is 49.9 cm³/mol. The normalized spacial score (nSPS) is 11.1. The van der Waals surface area contributed by atoms with Crippen molar-refractivity contribution in [3.63, 3.8) is 0 Å². The largest absolute Gasteiger partial charge is 0.406 e. The summed E-state index contributed by atoms with van der Waals surface area (Å²) >= 11 is 0. The molecule has 4 nitrogen and oxygen atoms in total. The smallest absolute Gasteiger partial charge is 0.300 e. The minimum atomic E-state index is -4.55. The predicted octanol–water partition coefficient (Wildman–Crippen LogP) is 0.205. The van der Waals surface area contributed by atoms with Crippen LogP contribution in [-0.2, 0) is 13.1 Å². The molecule has 0 aromatic carbocycles. The molecule has 0 saturated carbocycles. The van der Waals surface area contributed by atoms with Crippen molar-refractivity contribution in [1.82, 2.24) is 9.13 Å². The molecular formula is C9H7F3N2O2. The van der Waals surface area contributed by atoms with Gasteiger partial charge in [-0.3, -0.25) is 14.2 Å². The van der Waals surface area contributed by atoms with E-state index >= 15 is 0 Å². The van der Waals surface area contributed by atoms with Gasteiger partial charge in [0.25, 0.3) is 0 Å². The van der Waals surface area contributed by atoms with Crippen LogP contribution < -0.4 is 11.1 Å². The Morgan fingerprint density at radius 3 is 2.19 bits per heavy atom. The summed E-state index contributed by atoms with van der Waals surface area (Å²) in [4.78, 5) is 22.4. The van der Waals surface area contributed by atoms with Gasteiger partial charge in [-0.1, -0.05) is 5.92 Å². The topological polar surface area (TPSA) is 44.0 Å². The minimum Gasteiger partial charge on any atom is -0.300 e. The quantitative estimate of drug-likeness (QED) is 0.540. The summed E-state index contributed by atoms with van der Waals surface area (Å²) < 4.78 is 37.2.